The third-order valence-electron chi connectivity index (χ3n) is 0.713. The Morgan fingerprint density at radius 2 is 2.30 bits per heavy atom. The van der Waals surface area contributed by atoms with Crippen LogP contribution in [0.4, 0.5) is 0 Å². The quantitative estimate of drug-likeness (QED) is 0.263. The Labute approximate surface area is 59.1 Å². The lowest BCUT2D eigenvalue weighted by Gasteiger charge is -2.01. The topological polar surface area (TPSA) is 55.8 Å². The number of carbonyl (C=O) groups excluding carboxylic acids is 1. The maximum absolute atomic E-state index is 10.5. The molecule has 0 radical (unpaired) electrons. The molecule has 58 valence electrons. The van der Waals surface area contributed by atoms with E-state index in [2.05, 4.69) is 16.1 Å². The van der Waals surface area contributed by atoms with Crippen LogP contribution in [0.3, 0.4) is 0 Å². The fourth-order valence-corrected chi connectivity index (χ4v) is 0.256. The molecule has 0 aromatic rings. The summed E-state index contributed by atoms with van der Waals surface area (Å²) in [6.45, 7) is 4.18. The first-order chi connectivity index (χ1) is 4.68. The summed E-state index contributed by atoms with van der Waals surface area (Å²) >= 11 is 0. The first-order valence-corrected chi connectivity index (χ1v) is 2.69. The van der Waals surface area contributed by atoms with Crippen molar-refractivity contribution in [2.45, 2.75) is 6.92 Å². The molecule has 4 heteroatoms. The van der Waals surface area contributed by atoms with Crippen LogP contribution in [-0.2, 0) is 14.3 Å². The molecule has 0 aromatic carbocycles. The molecule has 10 heavy (non-hydrogen) atoms. The summed E-state index contributed by atoms with van der Waals surface area (Å²) < 4.78 is 8.75. The Bertz CT molecular complexity index is 130. The van der Waals surface area contributed by atoms with E-state index in [-0.39, 0.29) is 6.79 Å². The minimum Gasteiger partial charge on any atom is -0.435 e. The molecule has 0 aliphatic carbocycles. The van der Waals surface area contributed by atoms with E-state index in [0.717, 1.165) is 0 Å². The Balaban J connectivity index is 3.31. The minimum absolute atomic E-state index is 0.234. The highest BCUT2D eigenvalue weighted by Crippen LogP contribution is 1.90. The van der Waals surface area contributed by atoms with Gasteiger partial charge in [0.1, 0.15) is 6.79 Å². The van der Waals surface area contributed by atoms with E-state index in [0.29, 0.717) is 5.57 Å². The largest absolute Gasteiger partial charge is 0.435 e. The third-order valence-corrected chi connectivity index (χ3v) is 0.713. The smallest absolute Gasteiger partial charge is 0.335 e. The molecule has 0 heterocycles. The standard InChI is InChI=1S/C6H10O4/c1-5(2)6(8)10-4-9-3-7/h7H,1,3-4H2,2H3. The molecule has 0 rings (SSSR count). The summed E-state index contributed by atoms with van der Waals surface area (Å²) in [6.07, 6.45) is 0. The van der Waals surface area contributed by atoms with Crippen molar-refractivity contribution in [2.75, 3.05) is 13.6 Å². The van der Waals surface area contributed by atoms with Crippen LogP contribution in [0, 0.1) is 0 Å². The molecular formula is C6H10O4. The molecule has 0 spiro atoms. The van der Waals surface area contributed by atoms with Gasteiger partial charge < -0.3 is 14.6 Å². The second kappa shape index (κ2) is 4.96. The lowest BCUT2D eigenvalue weighted by Crippen LogP contribution is -2.08. The zero-order chi connectivity index (χ0) is 7.98. The van der Waals surface area contributed by atoms with Gasteiger partial charge in [0.05, 0.1) is 0 Å². The van der Waals surface area contributed by atoms with E-state index in [1.54, 1.807) is 0 Å². The summed E-state index contributed by atoms with van der Waals surface area (Å²) in [4.78, 5) is 10.5. The fourth-order valence-electron chi connectivity index (χ4n) is 0.256. The normalized spacial score (nSPS) is 9.00. The van der Waals surface area contributed by atoms with Crippen molar-refractivity contribution in [1.82, 2.24) is 0 Å². The zero-order valence-electron chi connectivity index (χ0n) is 5.79. The van der Waals surface area contributed by atoms with Gasteiger partial charge in [0, 0.05) is 5.57 Å². The molecule has 1 N–H and O–H groups in total. The monoisotopic (exact) mass is 146 g/mol. The Kier molecular flexibility index (Phi) is 4.53. The molecule has 0 amide bonds. The van der Waals surface area contributed by atoms with E-state index >= 15 is 0 Å². The van der Waals surface area contributed by atoms with Gasteiger partial charge in [-0.3, -0.25) is 0 Å². The fraction of sp³-hybridized carbons (Fsp3) is 0.500. The summed E-state index contributed by atoms with van der Waals surface area (Å²) in [5, 5.41) is 8.08. The maximum Gasteiger partial charge on any atom is 0.335 e. The lowest BCUT2D eigenvalue weighted by molar-refractivity contribution is -0.158. The molecule has 0 aliphatic heterocycles. The van der Waals surface area contributed by atoms with Crippen LogP contribution in [-0.4, -0.2) is 24.7 Å². The van der Waals surface area contributed by atoms with Crippen LogP contribution in [0.15, 0.2) is 12.2 Å². The number of aliphatic hydroxyl groups is 1. The number of aliphatic hydroxyl groups excluding tert-OH is 1. The molecule has 0 fully saturated rings. The number of ether oxygens (including phenoxy) is 2. The van der Waals surface area contributed by atoms with Crippen molar-refractivity contribution in [3.05, 3.63) is 12.2 Å². The van der Waals surface area contributed by atoms with E-state index in [1.807, 2.05) is 0 Å². The van der Waals surface area contributed by atoms with Gasteiger partial charge in [-0.15, -0.1) is 0 Å². The van der Waals surface area contributed by atoms with Crippen molar-refractivity contribution >= 4 is 5.97 Å². The highest BCUT2D eigenvalue weighted by atomic mass is 16.7. The third kappa shape index (κ3) is 4.05. The van der Waals surface area contributed by atoms with Gasteiger partial charge in [-0.25, -0.2) is 4.79 Å². The summed E-state index contributed by atoms with van der Waals surface area (Å²) in [7, 11) is 0. The van der Waals surface area contributed by atoms with E-state index in [1.165, 1.54) is 6.92 Å². The molecular weight excluding hydrogens is 136 g/mol. The predicted molar refractivity (Wildman–Crippen MR) is 33.9 cm³/mol. The zero-order valence-corrected chi connectivity index (χ0v) is 5.79. The number of carbonyl (C=O) groups is 1. The first-order valence-electron chi connectivity index (χ1n) is 2.69. The lowest BCUT2D eigenvalue weighted by atomic mass is 10.4. The molecule has 0 bridgehead atoms. The van der Waals surface area contributed by atoms with Crippen molar-refractivity contribution in [2.24, 2.45) is 0 Å². The summed E-state index contributed by atoms with van der Waals surface area (Å²) in [5.74, 6) is -0.520. The SMILES string of the molecule is C=C(C)C(=O)OCOCO. The average Bonchev–Trinajstić information content (AvgIpc) is 1.88. The molecule has 0 aromatic heterocycles. The van der Waals surface area contributed by atoms with E-state index in [9.17, 15) is 4.79 Å². The number of esters is 1. The van der Waals surface area contributed by atoms with Gasteiger partial charge in [-0.05, 0) is 6.92 Å². The van der Waals surface area contributed by atoms with Crippen molar-refractivity contribution in [1.29, 1.82) is 0 Å². The van der Waals surface area contributed by atoms with Gasteiger partial charge in [-0.2, -0.15) is 0 Å². The summed E-state index contributed by atoms with van der Waals surface area (Å²) in [6, 6.07) is 0. The number of hydrogen-bond acceptors (Lipinski definition) is 4. The van der Waals surface area contributed by atoms with Crippen LogP contribution in [0.2, 0.25) is 0 Å². The molecule has 0 saturated carbocycles. The van der Waals surface area contributed by atoms with Crippen LogP contribution in [0.25, 0.3) is 0 Å². The molecule has 0 saturated heterocycles. The van der Waals surface area contributed by atoms with Gasteiger partial charge >= 0.3 is 5.97 Å². The Morgan fingerprint density at radius 1 is 1.70 bits per heavy atom. The second-order valence-corrected chi connectivity index (χ2v) is 1.66. The molecule has 0 unspecified atom stereocenters. The molecule has 0 atom stereocenters. The maximum atomic E-state index is 10.5. The highest BCUT2D eigenvalue weighted by molar-refractivity contribution is 5.86. The van der Waals surface area contributed by atoms with Crippen LogP contribution in [0.5, 0.6) is 0 Å². The Hall–Kier alpha value is -0.870. The molecule has 4 nitrogen and oxygen atoms in total. The number of rotatable bonds is 4. The van der Waals surface area contributed by atoms with Crippen molar-refractivity contribution in [3.8, 4) is 0 Å². The second-order valence-electron chi connectivity index (χ2n) is 1.66. The summed E-state index contributed by atoms with van der Waals surface area (Å²) in [5.41, 5.74) is 0.307. The number of hydrogen-bond donors (Lipinski definition) is 1. The van der Waals surface area contributed by atoms with Gasteiger partial charge in [0.15, 0.2) is 6.79 Å². The van der Waals surface area contributed by atoms with Gasteiger partial charge in [0.25, 0.3) is 0 Å². The van der Waals surface area contributed by atoms with Crippen molar-refractivity contribution < 1.29 is 19.4 Å². The van der Waals surface area contributed by atoms with Crippen LogP contribution in [0.1, 0.15) is 6.92 Å². The van der Waals surface area contributed by atoms with Crippen molar-refractivity contribution in [3.63, 3.8) is 0 Å². The Morgan fingerprint density at radius 3 is 2.70 bits per heavy atom. The van der Waals surface area contributed by atoms with E-state index in [4.69, 9.17) is 5.11 Å². The minimum atomic E-state index is -0.520. The first kappa shape index (κ1) is 9.13. The van der Waals surface area contributed by atoms with Crippen LogP contribution >= 0.6 is 0 Å². The molecule has 0 aliphatic rings. The predicted octanol–water partition coefficient (Wildman–Crippen LogP) is 0.0296. The van der Waals surface area contributed by atoms with Gasteiger partial charge in [-0.1, -0.05) is 6.58 Å². The highest BCUT2D eigenvalue weighted by Gasteiger charge is 2.00. The van der Waals surface area contributed by atoms with Crippen LogP contribution < -0.4 is 0 Å². The van der Waals surface area contributed by atoms with E-state index < -0.39 is 12.8 Å². The average molecular weight is 146 g/mol. The van der Waals surface area contributed by atoms with Gasteiger partial charge in [0.2, 0.25) is 0 Å².